The summed E-state index contributed by atoms with van der Waals surface area (Å²) in [5.41, 5.74) is 1.20. The zero-order chi connectivity index (χ0) is 13.7. The second kappa shape index (κ2) is 6.33. The van der Waals surface area contributed by atoms with Crippen LogP contribution in [0.1, 0.15) is 19.4 Å². The molecule has 0 spiro atoms. The van der Waals surface area contributed by atoms with Crippen LogP contribution in [0.2, 0.25) is 0 Å². The van der Waals surface area contributed by atoms with Crippen LogP contribution in [0.15, 0.2) is 16.8 Å². The first-order chi connectivity index (χ1) is 9.17. The van der Waals surface area contributed by atoms with Crippen molar-refractivity contribution in [1.29, 1.82) is 0 Å². The molecule has 0 fully saturated rings. The highest BCUT2D eigenvalue weighted by atomic mass is 32.1. The van der Waals surface area contributed by atoms with Gasteiger partial charge in [-0.25, -0.2) is 0 Å². The summed E-state index contributed by atoms with van der Waals surface area (Å²) in [6, 6.07) is 2.38. The highest BCUT2D eigenvalue weighted by Crippen LogP contribution is 2.13. The number of hydrogen-bond acceptors (Lipinski definition) is 7. The molecular weight excluding hydrogens is 262 g/mol. The van der Waals surface area contributed by atoms with Crippen molar-refractivity contribution in [3.05, 3.63) is 22.4 Å². The molecule has 102 valence electrons. The van der Waals surface area contributed by atoms with E-state index in [0.717, 1.165) is 0 Å². The average Bonchev–Trinajstić information content (AvgIpc) is 2.88. The Kier molecular flexibility index (Phi) is 4.51. The molecule has 0 aliphatic rings. The Balaban J connectivity index is 2.09. The fourth-order valence-corrected chi connectivity index (χ4v) is 2.05. The molecule has 19 heavy (non-hydrogen) atoms. The number of nitrogens with one attached hydrogen (secondary N) is 2. The van der Waals surface area contributed by atoms with Crippen molar-refractivity contribution in [3.8, 4) is 6.01 Å². The Bertz CT molecular complexity index is 515. The minimum Gasteiger partial charge on any atom is -0.461 e. The molecule has 2 aromatic heterocycles. The van der Waals surface area contributed by atoms with Crippen LogP contribution in [0.3, 0.4) is 0 Å². The normalized spacial score (nSPS) is 10.5. The fourth-order valence-electron chi connectivity index (χ4n) is 1.39. The topological polar surface area (TPSA) is 72.0 Å². The largest absolute Gasteiger partial charge is 0.461 e. The standard InChI is InChI=1S/C12H17N5OS/c1-8(2)18-12-16-10(13-3)15-11(17-12)14-6-9-4-5-19-7-9/h4-5,7-8H,6H2,1-3H3,(H2,13,14,15,16,17). The van der Waals surface area contributed by atoms with Crippen LogP contribution in [-0.4, -0.2) is 28.1 Å². The number of thiophene rings is 1. The summed E-state index contributed by atoms with van der Waals surface area (Å²) in [6.45, 7) is 4.54. The number of anilines is 2. The van der Waals surface area contributed by atoms with Gasteiger partial charge in [0, 0.05) is 13.6 Å². The van der Waals surface area contributed by atoms with Gasteiger partial charge in [0.25, 0.3) is 0 Å². The zero-order valence-corrected chi connectivity index (χ0v) is 12.0. The lowest BCUT2D eigenvalue weighted by Gasteiger charge is -2.10. The van der Waals surface area contributed by atoms with Crippen LogP contribution < -0.4 is 15.4 Å². The summed E-state index contributed by atoms with van der Waals surface area (Å²) < 4.78 is 5.49. The van der Waals surface area contributed by atoms with E-state index >= 15 is 0 Å². The summed E-state index contributed by atoms with van der Waals surface area (Å²) in [7, 11) is 1.76. The lowest BCUT2D eigenvalue weighted by atomic mass is 10.3. The molecule has 0 aliphatic heterocycles. The summed E-state index contributed by atoms with van der Waals surface area (Å²) in [4.78, 5) is 12.6. The molecule has 0 amide bonds. The third-order valence-corrected chi connectivity index (χ3v) is 2.94. The lowest BCUT2D eigenvalue weighted by molar-refractivity contribution is 0.222. The summed E-state index contributed by atoms with van der Waals surface area (Å²) in [5, 5.41) is 10.2. The third-order valence-electron chi connectivity index (χ3n) is 2.21. The van der Waals surface area contributed by atoms with Gasteiger partial charge < -0.3 is 15.4 Å². The Morgan fingerprint density at radius 3 is 2.68 bits per heavy atom. The Labute approximate surface area is 116 Å². The molecule has 2 heterocycles. The summed E-state index contributed by atoms with van der Waals surface area (Å²) >= 11 is 1.66. The Morgan fingerprint density at radius 2 is 2.05 bits per heavy atom. The van der Waals surface area contributed by atoms with Crippen molar-refractivity contribution in [2.24, 2.45) is 0 Å². The first kappa shape index (κ1) is 13.5. The van der Waals surface area contributed by atoms with Crippen LogP contribution in [0.4, 0.5) is 11.9 Å². The smallest absolute Gasteiger partial charge is 0.323 e. The highest BCUT2D eigenvalue weighted by molar-refractivity contribution is 7.07. The Morgan fingerprint density at radius 1 is 1.26 bits per heavy atom. The maximum atomic E-state index is 5.49. The van der Waals surface area contributed by atoms with E-state index in [-0.39, 0.29) is 6.10 Å². The van der Waals surface area contributed by atoms with Crippen molar-refractivity contribution < 1.29 is 4.74 Å². The third kappa shape index (κ3) is 4.06. The van der Waals surface area contributed by atoms with E-state index in [0.29, 0.717) is 24.5 Å². The van der Waals surface area contributed by atoms with Crippen LogP contribution in [0.5, 0.6) is 6.01 Å². The van der Waals surface area contributed by atoms with Crippen molar-refractivity contribution in [2.45, 2.75) is 26.5 Å². The molecule has 0 bridgehead atoms. The van der Waals surface area contributed by atoms with Crippen molar-refractivity contribution in [1.82, 2.24) is 15.0 Å². The molecule has 2 N–H and O–H groups in total. The van der Waals surface area contributed by atoms with Gasteiger partial charge in [-0.3, -0.25) is 0 Å². The average molecular weight is 279 g/mol. The van der Waals surface area contributed by atoms with E-state index in [4.69, 9.17) is 4.74 Å². The van der Waals surface area contributed by atoms with Crippen molar-refractivity contribution >= 4 is 23.2 Å². The second-order valence-corrected chi connectivity index (χ2v) is 4.95. The van der Waals surface area contributed by atoms with E-state index < -0.39 is 0 Å². The quantitative estimate of drug-likeness (QED) is 0.846. The van der Waals surface area contributed by atoms with Crippen LogP contribution >= 0.6 is 11.3 Å². The molecule has 0 aromatic carbocycles. The van der Waals surface area contributed by atoms with Crippen molar-refractivity contribution in [2.75, 3.05) is 17.7 Å². The van der Waals surface area contributed by atoms with Gasteiger partial charge in [-0.2, -0.15) is 26.3 Å². The van der Waals surface area contributed by atoms with E-state index in [1.807, 2.05) is 19.2 Å². The van der Waals surface area contributed by atoms with Crippen molar-refractivity contribution in [3.63, 3.8) is 0 Å². The first-order valence-electron chi connectivity index (χ1n) is 6.03. The van der Waals surface area contributed by atoms with E-state index in [1.165, 1.54) is 5.56 Å². The minimum absolute atomic E-state index is 0.0248. The number of rotatable bonds is 6. The maximum absolute atomic E-state index is 5.49. The summed E-state index contributed by atoms with van der Waals surface area (Å²) in [5.74, 6) is 0.986. The predicted octanol–water partition coefficient (Wildman–Crippen LogP) is 2.37. The number of ether oxygens (including phenoxy) is 1. The molecule has 2 rings (SSSR count). The van der Waals surface area contributed by atoms with Gasteiger partial charge >= 0.3 is 6.01 Å². The van der Waals surface area contributed by atoms with E-state index in [9.17, 15) is 0 Å². The maximum Gasteiger partial charge on any atom is 0.323 e. The number of hydrogen-bond donors (Lipinski definition) is 2. The van der Waals surface area contributed by atoms with Gasteiger partial charge in [0.1, 0.15) is 0 Å². The van der Waals surface area contributed by atoms with E-state index in [2.05, 4.69) is 37.0 Å². The molecule has 0 saturated heterocycles. The van der Waals surface area contributed by atoms with Gasteiger partial charge in [0.15, 0.2) is 0 Å². The zero-order valence-electron chi connectivity index (χ0n) is 11.2. The number of nitrogens with zero attached hydrogens (tertiary/aromatic N) is 3. The predicted molar refractivity (Wildman–Crippen MR) is 76.8 cm³/mol. The first-order valence-corrected chi connectivity index (χ1v) is 6.97. The van der Waals surface area contributed by atoms with Crippen LogP contribution in [-0.2, 0) is 6.54 Å². The Hall–Kier alpha value is -1.89. The second-order valence-electron chi connectivity index (χ2n) is 4.17. The molecule has 6 nitrogen and oxygen atoms in total. The molecule has 0 radical (unpaired) electrons. The minimum atomic E-state index is 0.0248. The van der Waals surface area contributed by atoms with Crippen LogP contribution in [0.25, 0.3) is 0 Å². The van der Waals surface area contributed by atoms with E-state index in [1.54, 1.807) is 18.4 Å². The SMILES string of the molecule is CNc1nc(NCc2ccsc2)nc(OC(C)C)n1. The molecule has 0 saturated carbocycles. The molecule has 7 heteroatoms. The molecule has 2 aromatic rings. The van der Waals surface area contributed by atoms with Gasteiger partial charge in [-0.05, 0) is 36.2 Å². The molecule has 0 aliphatic carbocycles. The molecule has 0 atom stereocenters. The molecular formula is C12H17N5OS. The summed E-state index contributed by atoms with van der Waals surface area (Å²) in [6.07, 6.45) is 0.0248. The fraction of sp³-hybridized carbons (Fsp3) is 0.417. The highest BCUT2D eigenvalue weighted by Gasteiger charge is 2.08. The van der Waals surface area contributed by atoms with Gasteiger partial charge in [-0.15, -0.1) is 0 Å². The van der Waals surface area contributed by atoms with Gasteiger partial charge in [-0.1, -0.05) is 0 Å². The van der Waals surface area contributed by atoms with Crippen LogP contribution in [0, 0.1) is 0 Å². The van der Waals surface area contributed by atoms with Gasteiger partial charge in [0.2, 0.25) is 11.9 Å². The lowest BCUT2D eigenvalue weighted by Crippen LogP contribution is -2.12. The molecule has 0 unspecified atom stereocenters. The van der Waals surface area contributed by atoms with Gasteiger partial charge in [0.05, 0.1) is 6.10 Å². The monoisotopic (exact) mass is 279 g/mol. The number of aromatic nitrogens is 3.